The Balaban J connectivity index is 1.47. The number of hydrogen-bond acceptors (Lipinski definition) is 5. The summed E-state index contributed by atoms with van der Waals surface area (Å²) in [6.45, 7) is 2.38. The van der Waals surface area contributed by atoms with Crippen LogP contribution in [0.4, 0.5) is 4.79 Å². The normalized spacial score (nSPS) is 17.2. The van der Waals surface area contributed by atoms with Crippen molar-refractivity contribution in [2.75, 3.05) is 20.8 Å². The molecule has 6 nitrogen and oxygen atoms in total. The molecular weight excluding hydrogens is 577 g/mol. The predicted octanol–water partition coefficient (Wildman–Crippen LogP) is 6.74. The van der Waals surface area contributed by atoms with E-state index in [-0.39, 0.29) is 35.3 Å². The SMILES string of the molecule is COc1cc(CN(C(=O)OCC2c3ccccc3-c3ccccc32)C(C2CCCCC2)[C@H]([As])[C@@H](C)O)cc(OC)c1. The molecule has 7 heteroatoms. The third kappa shape index (κ3) is 6.44. The van der Waals surface area contributed by atoms with Gasteiger partial charge in [-0.1, -0.05) is 0 Å². The molecule has 3 atom stereocenters. The molecule has 1 amide bonds. The van der Waals surface area contributed by atoms with Crippen LogP contribution in [0, 0.1) is 5.92 Å². The molecule has 1 unspecified atom stereocenters. The molecule has 2 aliphatic carbocycles. The summed E-state index contributed by atoms with van der Waals surface area (Å²) in [7, 11) is 3.25. The first-order valence-corrected chi connectivity index (χ1v) is 15.7. The van der Waals surface area contributed by atoms with Crippen molar-refractivity contribution in [3.05, 3.63) is 83.4 Å². The van der Waals surface area contributed by atoms with E-state index in [2.05, 4.69) is 53.3 Å². The third-order valence-corrected chi connectivity index (χ3v) is 10.2. The van der Waals surface area contributed by atoms with Gasteiger partial charge in [0.1, 0.15) is 0 Å². The van der Waals surface area contributed by atoms with Crippen LogP contribution < -0.4 is 9.47 Å². The van der Waals surface area contributed by atoms with Crippen LogP contribution in [0.15, 0.2) is 66.7 Å². The second-order valence-electron chi connectivity index (χ2n) is 11.3. The van der Waals surface area contributed by atoms with Crippen molar-refractivity contribution in [3.8, 4) is 22.6 Å². The first-order valence-electron chi connectivity index (χ1n) is 14.6. The summed E-state index contributed by atoms with van der Waals surface area (Å²) in [6, 6.07) is 22.2. The average molecular weight is 618 g/mol. The molecule has 0 saturated heterocycles. The number of nitrogens with zero attached hydrogens (tertiary/aromatic N) is 1. The first kappa shape index (κ1) is 29.5. The van der Waals surface area contributed by atoms with Crippen molar-refractivity contribution in [2.45, 2.75) is 68.3 Å². The molecule has 1 fully saturated rings. The van der Waals surface area contributed by atoms with Gasteiger partial charge in [0.2, 0.25) is 0 Å². The second-order valence-corrected chi connectivity index (χ2v) is 12.5. The second kappa shape index (κ2) is 13.4. The zero-order valence-electron chi connectivity index (χ0n) is 24.2. The fraction of sp³-hybridized carbons (Fsp3) is 0.441. The van der Waals surface area contributed by atoms with Gasteiger partial charge >= 0.3 is 253 Å². The van der Waals surface area contributed by atoms with E-state index in [1.54, 1.807) is 14.2 Å². The van der Waals surface area contributed by atoms with E-state index in [1.807, 2.05) is 42.2 Å². The number of amides is 1. The number of rotatable bonds is 10. The predicted molar refractivity (Wildman–Crippen MR) is 162 cm³/mol. The Bertz CT molecular complexity index is 1270. The summed E-state index contributed by atoms with van der Waals surface area (Å²) in [6.07, 6.45) is 4.57. The molecule has 1 N–H and O–H groups in total. The topological polar surface area (TPSA) is 68.2 Å². The molecule has 216 valence electrons. The summed E-state index contributed by atoms with van der Waals surface area (Å²) in [5.41, 5.74) is 5.65. The summed E-state index contributed by atoms with van der Waals surface area (Å²) in [5.74, 6) is 1.59. The van der Waals surface area contributed by atoms with E-state index in [4.69, 9.17) is 14.2 Å². The fourth-order valence-corrected chi connectivity index (χ4v) is 7.45. The number of benzene rings is 3. The molecule has 0 aliphatic heterocycles. The number of aliphatic hydroxyl groups excluding tert-OH is 1. The van der Waals surface area contributed by atoms with Gasteiger partial charge in [-0.2, -0.15) is 0 Å². The quantitative estimate of drug-likeness (QED) is 0.255. The van der Waals surface area contributed by atoms with E-state index in [1.165, 1.54) is 28.7 Å². The fourth-order valence-electron chi connectivity index (χ4n) is 6.60. The zero-order valence-corrected chi connectivity index (χ0v) is 26.0. The molecule has 0 spiro atoms. The van der Waals surface area contributed by atoms with Crippen LogP contribution in [-0.4, -0.2) is 65.9 Å². The minimum atomic E-state index is -0.592. The molecule has 2 aliphatic rings. The van der Waals surface area contributed by atoms with E-state index in [0.29, 0.717) is 18.0 Å². The Morgan fingerprint density at radius 3 is 2.02 bits per heavy atom. The van der Waals surface area contributed by atoms with Crippen LogP contribution in [0.1, 0.15) is 61.6 Å². The maximum absolute atomic E-state index is 14.2. The number of hydrogen-bond donors (Lipinski definition) is 1. The van der Waals surface area contributed by atoms with E-state index in [9.17, 15) is 9.90 Å². The molecule has 2 radical (unpaired) electrons. The maximum atomic E-state index is 14.2. The first-order chi connectivity index (χ1) is 19.9. The van der Waals surface area contributed by atoms with Crippen molar-refractivity contribution in [2.24, 2.45) is 5.92 Å². The molecule has 0 aromatic heterocycles. The van der Waals surface area contributed by atoms with Gasteiger partial charge in [0.25, 0.3) is 0 Å². The van der Waals surface area contributed by atoms with Gasteiger partial charge in [0.15, 0.2) is 0 Å². The van der Waals surface area contributed by atoms with Crippen LogP contribution in [0.25, 0.3) is 11.1 Å². The van der Waals surface area contributed by atoms with Crippen molar-refractivity contribution in [1.82, 2.24) is 4.90 Å². The Kier molecular flexibility index (Phi) is 9.62. The Morgan fingerprint density at radius 1 is 0.927 bits per heavy atom. The average Bonchev–Trinajstić information content (AvgIpc) is 3.33. The van der Waals surface area contributed by atoms with Crippen LogP contribution in [0.2, 0.25) is 4.71 Å². The number of carbonyl (C=O) groups is 1. The number of aliphatic hydroxyl groups is 1. The molecule has 0 bridgehead atoms. The standard InChI is InChI=1S/C34H40AsNO5/c1-22(37)32(35)33(24-11-5-4-6-12-24)36(20-23-17-25(39-2)19-26(18-23)40-3)34(38)41-21-31-29-15-9-7-13-27(29)28-14-8-10-16-30(28)31/h7-10,13-19,22,24,31-33,37H,4-6,11-12,20-21H2,1-3H3/t22-,32-,33?/m1/s1. The van der Waals surface area contributed by atoms with Crippen LogP contribution in [-0.2, 0) is 11.3 Å². The summed E-state index contributed by atoms with van der Waals surface area (Å²) < 4.78 is 17.1. The monoisotopic (exact) mass is 617 g/mol. The van der Waals surface area contributed by atoms with Gasteiger partial charge in [-0.05, 0) is 0 Å². The molecule has 41 heavy (non-hydrogen) atoms. The van der Waals surface area contributed by atoms with Gasteiger partial charge in [0.05, 0.1) is 0 Å². The molecule has 1 saturated carbocycles. The molecule has 3 aromatic rings. The Hall–Kier alpha value is -2.95. The number of fused-ring (bicyclic) bond motifs is 3. The Labute approximate surface area is 252 Å². The molecule has 3 aromatic carbocycles. The van der Waals surface area contributed by atoms with Gasteiger partial charge in [0, 0.05) is 0 Å². The minimum absolute atomic E-state index is 0.0248. The van der Waals surface area contributed by atoms with Crippen LogP contribution in [0.3, 0.4) is 0 Å². The third-order valence-electron chi connectivity index (χ3n) is 8.67. The van der Waals surface area contributed by atoms with Crippen molar-refractivity contribution < 1.29 is 24.1 Å². The summed E-state index contributed by atoms with van der Waals surface area (Å²) in [4.78, 5) is 16.1. The van der Waals surface area contributed by atoms with Gasteiger partial charge in [-0.3, -0.25) is 0 Å². The van der Waals surface area contributed by atoms with Gasteiger partial charge in [-0.15, -0.1) is 0 Å². The molecule has 0 heterocycles. The number of carbonyl (C=O) groups excluding carboxylic acids is 1. The molecule has 5 rings (SSSR count). The number of ether oxygens (including phenoxy) is 3. The van der Waals surface area contributed by atoms with Crippen LogP contribution in [0.5, 0.6) is 11.5 Å². The Morgan fingerprint density at radius 2 is 1.49 bits per heavy atom. The molecular formula is C34H40AsNO5. The zero-order chi connectivity index (χ0) is 28.9. The van der Waals surface area contributed by atoms with Gasteiger partial charge in [-0.25, -0.2) is 0 Å². The summed E-state index contributed by atoms with van der Waals surface area (Å²) >= 11 is 2.63. The summed E-state index contributed by atoms with van der Waals surface area (Å²) in [5, 5.41) is 10.8. The number of methoxy groups -OCH3 is 2. The van der Waals surface area contributed by atoms with Crippen molar-refractivity contribution in [1.29, 1.82) is 0 Å². The van der Waals surface area contributed by atoms with Crippen molar-refractivity contribution in [3.63, 3.8) is 0 Å². The van der Waals surface area contributed by atoms with E-state index < -0.39 is 6.10 Å². The van der Waals surface area contributed by atoms with E-state index in [0.717, 1.165) is 31.2 Å². The van der Waals surface area contributed by atoms with Crippen LogP contribution >= 0.6 is 0 Å². The van der Waals surface area contributed by atoms with Crippen molar-refractivity contribution >= 4 is 22.9 Å². The van der Waals surface area contributed by atoms with Gasteiger partial charge < -0.3 is 0 Å². The van der Waals surface area contributed by atoms with E-state index >= 15 is 0 Å².